The molecule has 0 fully saturated rings. The van der Waals surface area contributed by atoms with E-state index in [2.05, 4.69) is 20.3 Å². The Bertz CT molecular complexity index is 837. The number of carbonyl (C=O) groups is 1. The lowest BCUT2D eigenvalue weighted by Crippen LogP contribution is -2.23. The molecule has 6 heteroatoms. The van der Waals surface area contributed by atoms with Crippen molar-refractivity contribution in [1.29, 1.82) is 0 Å². The van der Waals surface area contributed by atoms with Gasteiger partial charge in [0.15, 0.2) is 0 Å². The monoisotopic (exact) mass is 320 g/mol. The standard InChI is InChI=1S/C18H16N4O2/c1-24-18-15(3-2-7-21-18)17(23)22-12-13-4-10-20-16(11-13)14-5-8-19-9-6-14/h2-11H,12H2,1H3,(H,22,23). The summed E-state index contributed by atoms with van der Waals surface area (Å²) in [5.41, 5.74) is 3.17. The average molecular weight is 320 g/mol. The van der Waals surface area contributed by atoms with Gasteiger partial charge in [-0.1, -0.05) is 0 Å². The molecule has 3 aromatic heterocycles. The third-order valence-corrected chi connectivity index (χ3v) is 3.46. The lowest BCUT2D eigenvalue weighted by Gasteiger charge is -2.09. The Hall–Kier alpha value is -3.28. The van der Waals surface area contributed by atoms with Gasteiger partial charge in [-0.05, 0) is 42.0 Å². The van der Waals surface area contributed by atoms with Gasteiger partial charge in [0.05, 0.1) is 12.8 Å². The Kier molecular flexibility index (Phi) is 4.76. The van der Waals surface area contributed by atoms with E-state index < -0.39 is 0 Å². The Morgan fingerprint density at radius 2 is 1.92 bits per heavy atom. The van der Waals surface area contributed by atoms with E-state index in [4.69, 9.17) is 4.74 Å². The van der Waals surface area contributed by atoms with Crippen molar-refractivity contribution in [2.45, 2.75) is 6.54 Å². The van der Waals surface area contributed by atoms with E-state index in [-0.39, 0.29) is 5.91 Å². The highest BCUT2D eigenvalue weighted by atomic mass is 16.5. The number of carbonyl (C=O) groups excluding carboxylic acids is 1. The maximum Gasteiger partial charge on any atom is 0.257 e. The van der Waals surface area contributed by atoms with Crippen LogP contribution in [0.2, 0.25) is 0 Å². The number of rotatable bonds is 5. The van der Waals surface area contributed by atoms with Crippen LogP contribution in [0.4, 0.5) is 0 Å². The summed E-state index contributed by atoms with van der Waals surface area (Å²) in [6, 6.07) is 11.0. The van der Waals surface area contributed by atoms with E-state index in [0.717, 1.165) is 16.8 Å². The summed E-state index contributed by atoms with van der Waals surface area (Å²) in [6.45, 7) is 0.386. The van der Waals surface area contributed by atoms with Crippen molar-refractivity contribution >= 4 is 5.91 Å². The first-order valence-corrected chi connectivity index (χ1v) is 7.40. The highest BCUT2D eigenvalue weighted by Crippen LogP contribution is 2.17. The van der Waals surface area contributed by atoms with E-state index >= 15 is 0 Å². The van der Waals surface area contributed by atoms with Gasteiger partial charge in [-0.15, -0.1) is 0 Å². The fourth-order valence-electron chi connectivity index (χ4n) is 2.27. The molecule has 6 nitrogen and oxygen atoms in total. The largest absolute Gasteiger partial charge is 0.480 e. The zero-order chi connectivity index (χ0) is 16.8. The Morgan fingerprint density at radius 3 is 2.71 bits per heavy atom. The van der Waals surface area contributed by atoms with Crippen LogP contribution in [0.3, 0.4) is 0 Å². The third kappa shape index (κ3) is 3.55. The van der Waals surface area contributed by atoms with Gasteiger partial charge >= 0.3 is 0 Å². The molecule has 0 bridgehead atoms. The zero-order valence-electron chi connectivity index (χ0n) is 13.1. The summed E-state index contributed by atoms with van der Waals surface area (Å²) in [5, 5.41) is 2.87. The van der Waals surface area contributed by atoms with Gasteiger partial charge < -0.3 is 10.1 Å². The molecule has 0 saturated heterocycles. The number of hydrogen-bond donors (Lipinski definition) is 1. The van der Waals surface area contributed by atoms with Crippen molar-refractivity contribution in [3.05, 3.63) is 72.3 Å². The molecule has 0 aliphatic heterocycles. The van der Waals surface area contributed by atoms with Crippen molar-refractivity contribution in [2.24, 2.45) is 0 Å². The fraction of sp³-hybridized carbons (Fsp3) is 0.111. The normalized spacial score (nSPS) is 10.2. The molecule has 0 spiro atoms. The number of aromatic nitrogens is 3. The first-order valence-electron chi connectivity index (χ1n) is 7.40. The molecule has 1 amide bonds. The number of pyridine rings is 3. The van der Waals surface area contributed by atoms with Crippen LogP contribution < -0.4 is 10.1 Å². The van der Waals surface area contributed by atoms with Gasteiger partial charge in [0, 0.05) is 36.9 Å². The van der Waals surface area contributed by atoms with Crippen molar-refractivity contribution in [1.82, 2.24) is 20.3 Å². The average Bonchev–Trinajstić information content (AvgIpc) is 2.67. The molecule has 1 N–H and O–H groups in total. The van der Waals surface area contributed by atoms with Gasteiger partial charge in [-0.2, -0.15) is 0 Å². The maximum absolute atomic E-state index is 12.3. The number of nitrogens with one attached hydrogen (secondary N) is 1. The quantitative estimate of drug-likeness (QED) is 0.781. The topological polar surface area (TPSA) is 77.0 Å². The molecule has 3 rings (SSSR count). The van der Waals surface area contributed by atoms with Crippen molar-refractivity contribution in [3.8, 4) is 17.1 Å². The van der Waals surface area contributed by atoms with Gasteiger partial charge in [0.2, 0.25) is 5.88 Å². The van der Waals surface area contributed by atoms with E-state index in [0.29, 0.717) is 18.0 Å². The van der Waals surface area contributed by atoms with E-state index in [9.17, 15) is 4.79 Å². The molecule has 0 aliphatic carbocycles. The predicted octanol–water partition coefficient (Wildman–Crippen LogP) is 2.48. The van der Waals surface area contributed by atoms with Crippen LogP contribution >= 0.6 is 0 Å². The predicted molar refractivity (Wildman–Crippen MR) is 89.4 cm³/mol. The number of methoxy groups -OCH3 is 1. The van der Waals surface area contributed by atoms with Gasteiger partial charge in [-0.3, -0.25) is 14.8 Å². The van der Waals surface area contributed by atoms with Crippen LogP contribution in [-0.2, 0) is 6.54 Å². The van der Waals surface area contributed by atoms with E-state index in [1.54, 1.807) is 36.9 Å². The fourth-order valence-corrected chi connectivity index (χ4v) is 2.27. The third-order valence-electron chi connectivity index (χ3n) is 3.46. The van der Waals surface area contributed by atoms with Crippen LogP contribution in [0.25, 0.3) is 11.3 Å². The minimum absolute atomic E-state index is 0.234. The lowest BCUT2D eigenvalue weighted by molar-refractivity contribution is 0.0947. The summed E-state index contributed by atoms with van der Waals surface area (Å²) in [5.74, 6) is 0.0735. The summed E-state index contributed by atoms with van der Waals surface area (Å²) >= 11 is 0. The Balaban J connectivity index is 1.72. The number of ether oxygens (including phenoxy) is 1. The Morgan fingerprint density at radius 1 is 1.08 bits per heavy atom. The molecule has 120 valence electrons. The van der Waals surface area contributed by atoms with E-state index in [1.807, 2.05) is 24.3 Å². The zero-order valence-corrected chi connectivity index (χ0v) is 13.1. The molecule has 0 saturated carbocycles. The second-order valence-corrected chi connectivity index (χ2v) is 5.03. The SMILES string of the molecule is COc1ncccc1C(=O)NCc1ccnc(-c2ccncc2)c1. The number of amides is 1. The molecule has 3 aromatic rings. The molecule has 0 radical (unpaired) electrons. The van der Waals surface area contributed by atoms with Gasteiger partial charge in [0.1, 0.15) is 5.56 Å². The lowest BCUT2D eigenvalue weighted by atomic mass is 10.1. The van der Waals surface area contributed by atoms with Gasteiger partial charge in [-0.25, -0.2) is 4.98 Å². The smallest absolute Gasteiger partial charge is 0.257 e. The Labute approximate surface area is 139 Å². The van der Waals surface area contributed by atoms with Crippen LogP contribution in [0.1, 0.15) is 15.9 Å². The van der Waals surface area contributed by atoms with Gasteiger partial charge in [0.25, 0.3) is 5.91 Å². The second-order valence-electron chi connectivity index (χ2n) is 5.03. The number of nitrogens with zero attached hydrogens (tertiary/aromatic N) is 3. The minimum atomic E-state index is -0.234. The number of hydrogen-bond acceptors (Lipinski definition) is 5. The maximum atomic E-state index is 12.3. The highest BCUT2D eigenvalue weighted by molar-refractivity contribution is 5.96. The highest BCUT2D eigenvalue weighted by Gasteiger charge is 2.12. The van der Waals surface area contributed by atoms with Crippen LogP contribution in [-0.4, -0.2) is 28.0 Å². The van der Waals surface area contributed by atoms with Crippen LogP contribution in [0.5, 0.6) is 5.88 Å². The molecule has 3 heterocycles. The molecule has 0 atom stereocenters. The molecule has 0 aromatic carbocycles. The molecular weight excluding hydrogens is 304 g/mol. The van der Waals surface area contributed by atoms with Crippen LogP contribution in [0, 0.1) is 0 Å². The van der Waals surface area contributed by atoms with Crippen molar-refractivity contribution in [3.63, 3.8) is 0 Å². The van der Waals surface area contributed by atoms with E-state index in [1.165, 1.54) is 7.11 Å². The molecule has 0 unspecified atom stereocenters. The molecular formula is C18H16N4O2. The van der Waals surface area contributed by atoms with Crippen LogP contribution in [0.15, 0.2) is 61.2 Å². The first-order chi connectivity index (χ1) is 11.8. The summed E-state index contributed by atoms with van der Waals surface area (Å²) in [7, 11) is 1.49. The van der Waals surface area contributed by atoms with Crippen molar-refractivity contribution < 1.29 is 9.53 Å². The van der Waals surface area contributed by atoms with Crippen molar-refractivity contribution in [2.75, 3.05) is 7.11 Å². The first kappa shape index (κ1) is 15.6. The summed E-state index contributed by atoms with van der Waals surface area (Å²) in [4.78, 5) is 24.7. The summed E-state index contributed by atoms with van der Waals surface area (Å²) < 4.78 is 5.11. The second kappa shape index (κ2) is 7.32. The minimum Gasteiger partial charge on any atom is -0.480 e. The molecule has 0 aliphatic rings. The summed E-state index contributed by atoms with van der Waals surface area (Å²) in [6.07, 6.45) is 6.75. The molecule has 24 heavy (non-hydrogen) atoms.